The van der Waals surface area contributed by atoms with Crippen molar-refractivity contribution in [2.24, 2.45) is 0 Å². The number of unbranched alkanes of at least 4 members (excludes halogenated alkanes) is 3. The van der Waals surface area contributed by atoms with E-state index in [0.717, 1.165) is 30.2 Å². The molecule has 12 heteroatoms. The van der Waals surface area contributed by atoms with Gasteiger partial charge in [0.15, 0.2) is 0 Å². The maximum atomic E-state index is 13.9. The van der Waals surface area contributed by atoms with Gasteiger partial charge in [-0.2, -0.15) is 13.2 Å². The molecule has 0 radical (unpaired) electrons. The van der Waals surface area contributed by atoms with Crippen molar-refractivity contribution in [2.45, 2.75) is 90.3 Å². The van der Waals surface area contributed by atoms with E-state index in [9.17, 15) is 18.0 Å². The van der Waals surface area contributed by atoms with E-state index in [0.29, 0.717) is 17.8 Å². The number of ether oxygens (including phenoxy) is 3. The zero-order valence-corrected chi connectivity index (χ0v) is 23.5. The van der Waals surface area contributed by atoms with Gasteiger partial charge in [0.25, 0.3) is 0 Å². The number of nitrogens with zero attached hydrogens (tertiary/aromatic N) is 3. The smallest absolute Gasteiger partial charge is 0.419 e. The van der Waals surface area contributed by atoms with Crippen molar-refractivity contribution in [3.8, 4) is 16.3 Å². The fourth-order valence-electron chi connectivity index (χ4n) is 4.24. The quantitative estimate of drug-likeness (QED) is 0.357. The van der Waals surface area contributed by atoms with Crippen molar-refractivity contribution < 1.29 is 37.3 Å². The molecule has 1 aliphatic heterocycles. The minimum atomic E-state index is -4.63. The Kier molecular flexibility index (Phi) is 8.99. The number of hydrogen-bond acceptors (Lipinski definition) is 8. The molecule has 1 aliphatic rings. The number of amides is 1. The van der Waals surface area contributed by atoms with E-state index in [4.69, 9.17) is 19.3 Å². The standard InChI is InChI=1S/C26H36F3N3O5S/c1-23(2,3)37-22(34)32-24(4,5)36-16-25(32,6)21-31-30-20(38-21)17-11-12-19(18(15-17)26(27,28)29)35-14-10-8-7-9-13-33/h11-12,15,33H,7-10,13-14,16H2,1-6H3. The maximum Gasteiger partial charge on any atom is 0.419 e. The molecule has 3 rings (SSSR count). The van der Waals surface area contributed by atoms with Gasteiger partial charge in [-0.3, -0.25) is 4.90 Å². The highest BCUT2D eigenvalue weighted by Gasteiger charge is 2.55. The van der Waals surface area contributed by atoms with Crippen molar-refractivity contribution in [3.63, 3.8) is 0 Å². The number of benzene rings is 1. The van der Waals surface area contributed by atoms with E-state index in [1.807, 2.05) is 0 Å². The first kappa shape index (κ1) is 30.1. The molecule has 0 saturated carbocycles. The summed E-state index contributed by atoms with van der Waals surface area (Å²) >= 11 is 1.10. The molecule has 1 amide bonds. The maximum absolute atomic E-state index is 13.9. The molecule has 0 bridgehead atoms. The van der Waals surface area contributed by atoms with Crippen LogP contribution in [0.15, 0.2) is 18.2 Å². The molecule has 0 aliphatic carbocycles. The third-order valence-electron chi connectivity index (χ3n) is 6.04. The fraction of sp³-hybridized carbons (Fsp3) is 0.654. The van der Waals surface area contributed by atoms with Gasteiger partial charge in [-0.15, -0.1) is 10.2 Å². The van der Waals surface area contributed by atoms with Crippen LogP contribution in [0.25, 0.3) is 10.6 Å². The molecule has 1 aromatic heterocycles. The van der Waals surface area contributed by atoms with Gasteiger partial charge in [0.2, 0.25) is 0 Å². The van der Waals surface area contributed by atoms with E-state index in [1.54, 1.807) is 41.5 Å². The molecule has 212 valence electrons. The summed E-state index contributed by atoms with van der Waals surface area (Å²) in [6, 6.07) is 3.82. The summed E-state index contributed by atoms with van der Waals surface area (Å²) < 4.78 is 58.6. The topological polar surface area (TPSA) is 94.0 Å². The third kappa shape index (κ3) is 6.95. The molecular weight excluding hydrogens is 523 g/mol. The molecule has 1 atom stereocenters. The van der Waals surface area contributed by atoms with Crippen LogP contribution in [-0.2, 0) is 21.2 Å². The molecule has 1 saturated heterocycles. The molecular formula is C26H36F3N3O5S. The first-order chi connectivity index (χ1) is 17.6. The number of aliphatic hydroxyl groups excluding tert-OH is 1. The largest absolute Gasteiger partial charge is 0.493 e. The van der Waals surface area contributed by atoms with E-state index in [1.165, 1.54) is 17.0 Å². The van der Waals surface area contributed by atoms with Gasteiger partial charge in [0.1, 0.15) is 32.6 Å². The molecule has 8 nitrogen and oxygen atoms in total. The SMILES string of the molecule is CC(C)(C)OC(=O)N1C(C)(C)OCC1(C)c1nnc(-c2ccc(OCCCCCCO)c(C(F)(F)F)c2)s1. The Morgan fingerprint density at radius 1 is 1.13 bits per heavy atom. The van der Waals surface area contributed by atoms with Gasteiger partial charge in [-0.25, -0.2) is 4.79 Å². The third-order valence-corrected chi connectivity index (χ3v) is 7.27. The highest BCUT2D eigenvalue weighted by Crippen LogP contribution is 2.45. The van der Waals surface area contributed by atoms with Gasteiger partial charge in [0.05, 0.1) is 18.8 Å². The number of carbonyl (C=O) groups excluding carboxylic acids is 1. The molecule has 1 aromatic carbocycles. The van der Waals surface area contributed by atoms with Gasteiger partial charge in [-0.05, 0) is 79.0 Å². The Balaban J connectivity index is 1.86. The van der Waals surface area contributed by atoms with Gasteiger partial charge in [0, 0.05) is 12.2 Å². The average molecular weight is 560 g/mol. The Bertz CT molecular complexity index is 1120. The number of alkyl halides is 3. The Morgan fingerprint density at radius 2 is 1.82 bits per heavy atom. The first-order valence-electron chi connectivity index (χ1n) is 12.5. The Labute approximate surface area is 225 Å². The number of halogens is 3. The summed E-state index contributed by atoms with van der Waals surface area (Å²) in [7, 11) is 0. The highest BCUT2D eigenvalue weighted by atomic mass is 32.1. The van der Waals surface area contributed by atoms with Crippen molar-refractivity contribution in [1.82, 2.24) is 15.1 Å². The molecule has 0 spiro atoms. The monoisotopic (exact) mass is 559 g/mol. The number of rotatable bonds is 9. The van der Waals surface area contributed by atoms with Crippen LogP contribution in [-0.4, -0.2) is 57.4 Å². The van der Waals surface area contributed by atoms with E-state index < -0.39 is 34.7 Å². The molecule has 1 N–H and O–H groups in total. The predicted octanol–water partition coefficient (Wildman–Crippen LogP) is 6.37. The lowest BCUT2D eigenvalue weighted by Crippen LogP contribution is -2.54. The molecule has 1 fully saturated rings. The minimum absolute atomic E-state index is 0.0941. The summed E-state index contributed by atoms with van der Waals surface area (Å²) in [6.07, 6.45) is -2.42. The van der Waals surface area contributed by atoms with Crippen molar-refractivity contribution in [1.29, 1.82) is 0 Å². The van der Waals surface area contributed by atoms with Gasteiger partial charge < -0.3 is 19.3 Å². The van der Waals surface area contributed by atoms with Crippen LogP contribution < -0.4 is 4.74 Å². The molecule has 38 heavy (non-hydrogen) atoms. The second-order valence-corrected chi connectivity index (χ2v) is 11.9. The van der Waals surface area contributed by atoms with Gasteiger partial charge >= 0.3 is 12.3 Å². The Hall–Kier alpha value is -2.44. The van der Waals surface area contributed by atoms with Crippen LogP contribution in [0, 0.1) is 0 Å². The predicted molar refractivity (Wildman–Crippen MR) is 137 cm³/mol. The van der Waals surface area contributed by atoms with E-state index in [2.05, 4.69) is 10.2 Å². The van der Waals surface area contributed by atoms with Gasteiger partial charge in [-0.1, -0.05) is 17.8 Å². The highest BCUT2D eigenvalue weighted by molar-refractivity contribution is 7.14. The second-order valence-electron chi connectivity index (χ2n) is 10.9. The van der Waals surface area contributed by atoms with Crippen LogP contribution in [0.1, 0.15) is 77.8 Å². The van der Waals surface area contributed by atoms with Crippen molar-refractivity contribution in [2.75, 3.05) is 19.8 Å². The number of carbonyl (C=O) groups is 1. The summed E-state index contributed by atoms with van der Waals surface area (Å²) in [5.41, 5.74) is -3.42. The lowest BCUT2D eigenvalue weighted by Gasteiger charge is -2.39. The normalized spacial score (nSPS) is 19.6. The van der Waals surface area contributed by atoms with Crippen LogP contribution in [0.4, 0.5) is 18.0 Å². The lowest BCUT2D eigenvalue weighted by atomic mass is 10.0. The summed E-state index contributed by atoms with van der Waals surface area (Å²) in [4.78, 5) is 14.6. The number of aliphatic hydroxyl groups is 1. The number of aromatic nitrogens is 2. The average Bonchev–Trinajstić information content (AvgIpc) is 3.38. The Morgan fingerprint density at radius 3 is 2.45 bits per heavy atom. The van der Waals surface area contributed by atoms with E-state index >= 15 is 0 Å². The van der Waals surface area contributed by atoms with Crippen LogP contribution >= 0.6 is 11.3 Å². The minimum Gasteiger partial charge on any atom is -0.493 e. The zero-order valence-electron chi connectivity index (χ0n) is 22.6. The lowest BCUT2D eigenvalue weighted by molar-refractivity contribution is -0.138. The van der Waals surface area contributed by atoms with Crippen molar-refractivity contribution >= 4 is 17.4 Å². The fourth-order valence-corrected chi connectivity index (χ4v) is 5.21. The van der Waals surface area contributed by atoms with Crippen LogP contribution in [0.2, 0.25) is 0 Å². The second kappa shape index (κ2) is 11.4. The molecule has 2 aromatic rings. The molecule has 1 unspecified atom stereocenters. The summed E-state index contributed by atoms with van der Waals surface area (Å²) in [5.74, 6) is -0.248. The van der Waals surface area contributed by atoms with Crippen LogP contribution in [0.3, 0.4) is 0 Å². The van der Waals surface area contributed by atoms with E-state index in [-0.39, 0.29) is 36.1 Å². The zero-order chi connectivity index (χ0) is 28.4. The summed E-state index contributed by atoms with van der Waals surface area (Å²) in [6.45, 7) is 10.9. The van der Waals surface area contributed by atoms with Crippen LogP contribution in [0.5, 0.6) is 5.75 Å². The van der Waals surface area contributed by atoms with Crippen molar-refractivity contribution in [3.05, 3.63) is 28.8 Å². The first-order valence-corrected chi connectivity index (χ1v) is 13.4. The summed E-state index contributed by atoms with van der Waals surface area (Å²) in [5, 5.41) is 17.9. The molecule has 2 heterocycles. The number of hydrogen-bond donors (Lipinski definition) is 1.